The lowest BCUT2D eigenvalue weighted by Gasteiger charge is -2.17. The van der Waals surface area contributed by atoms with Gasteiger partial charge in [0.2, 0.25) is 0 Å². The van der Waals surface area contributed by atoms with Crippen LogP contribution in [0.3, 0.4) is 0 Å². The fourth-order valence-corrected chi connectivity index (χ4v) is 2.48. The van der Waals surface area contributed by atoms with Gasteiger partial charge in [-0.2, -0.15) is 0 Å². The van der Waals surface area contributed by atoms with E-state index in [1.807, 2.05) is 24.5 Å². The molecule has 0 N–H and O–H groups in total. The Morgan fingerprint density at radius 2 is 2.14 bits per heavy atom. The molecule has 3 heteroatoms. The van der Waals surface area contributed by atoms with Crippen LogP contribution in [0.4, 0.5) is 5.69 Å². The van der Waals surface area contributed by atoms with E-state index in [0.29, 0.717) is 0 Å². The number of hydrogen-bond acceptors (Lipinski definition) is 3. The first-order valence-corrected chi connectivity index (χ1v) is 5.32. The molecule has 0 bridgehead atoms. The van der Waals surface area contributed by atoms with Crippen LogP contribution in [-0.2, 0) is 0 Å². The van der Waals surface area contributed by atoms with E-state index >= 15 is 0 Å². The van der Waals surface area contributed by atoms with Crippen LogP contribution < -0.4 is 0 Å². The second-order valence-electron chi connectivity index (χ2n) is 3.16. The zero-order valence-corrected chi connectivity index (χ0v) is 8.29. The Morgan fingerprint density at radius 1 is 1.21 bits per heavy atom. The summed E-state index contributed by atoms with van der Waals surface area (Å²) in [6.45, 7) is 0. The molecular formula is C11H8N2S. The minimum absolute atomic E-state index is 0.854. The summed E-state index contributed by atoms with van der Waals surface area (Å²) in [5.41, 5.74) is 2.23. The highest BCUT2D eigenvalue weighted by Gasteiger charge is 2.18. The predicted molar refractivity (Wildman–Crippen MR) is 60.6 cm³/mol. The summed E-state index contributed by atoms with van der Waals surface area (Å²) in [5, 5.41) is 0. The molecule has 0 radical (unpaired) electrons. The summed E-state index contributed by atoms with van der Waals surface area (Å²) in [7, 11) is 0. The predicted octanol–water partition coefficient (Wildman–Crippen LogP) is 3.18. The van der Waals surface area contributed by atoms with Crippen LogP contribution in [0.15, 0.2) is 50.3 Å². The van der Waals surface area contributed by atoms with Crippen molar-refractivity contribution in [1.82, 2.24) is 0 Å². The molecule has 2 nitrogen and oxygen atoms in total. The van der Waals surface area contributed by atoms with Crippen molar-refractivity contribution in [1.29, 1.82) is 0 Å². The minimum Gasteiger partial charge on any atom is -0.267 e. The molecule has 3 rings (SSSR count). The molecule has 2 aliphatic heterocycles. The maximum atomic E-state index is 4.60. The molecule has 0 fully saturated rings. The lowest BCUT2D eigenvalue weighted by Crippen LogP contribution is -2.07. The number of aliphatic imine (C=N–C) groups is 2. The van der Waals surface area contributed by atoms with Gasteiger partial charge in [-0.05, 0) is 12.1 Å². The third-order valence-electron chi connectivity index (χ3n) is 2.21. The molecule has 0 aliphatic carbocycles. The Bertz CT molecular complexity index is 472. The molecule has 0 aromatic heterocycles. The van der Waals surface area contributed by atoms with Gasteiger partial charge >= 0.3 is 0 Å². The lowest BCUT2D eigenvalue weighted by atomic mass is 10.2. The van der Waals surface area contributed by atoms with E-state index in [9.17, 15) is 0 Å². The Labute approximate surface area is 86.5 Å². The summed E-state index contributed by atoms with van der Waals surface area (Å²) in [6, 6.07) is 8.21. The standard InChI is InChI=1S/C11H8N2S/c1-2-4-10-8(3-1)13-9-5-6-12-7-11(9)14-10/h1-4,6-7H,5H2. The number of benzene rings is 1. The summed E-state index contributed by atoms with van der Waals surface area (Å²) < 4.78 is 0. The monoisotopic (exact) mass is 200 g/mol. The smallest absolute Gasteiger partial charge is 0.0772 e. The molecule has 2 heterocycles. The van der Waals surface area contributed by atoms with Crippen molar-refractivity contribution >= 4 is 29.4 Å². The number of hydrogen-bond donors (Lipinski definition) is 0. The van der Waals surface area contributed by atoms with Gasteiger partial charge in [-0.15, -0.1) is 0 Å². The van der Waals surface area contributed by atoms with Crippen molar-refractivity contribution in [3.63, 3.8) is 0 Å². The molecule has 0 unspecified atom stereocenters. The number of para-hydroxylation sites is 1. The molecule has 0 amide bonds. The molecule has 0 saturated heterocycles. The second kappa shape index (κ2) is 3.10. The number of allylic oxidation sites excluding steroid dienone is 1. The molecule has 1 aromatic rings. The normalized spacial score (nSPS) is 18.0. The summed E-state index contributed by atoms with van der Waals surface area (Å²) in [6.07, 6.45) is 4.65. The molecule has 0 atom stereocenters. The van der Waals surface area contributed by atoms with E-state index in [1.54, 1.807) is 11.8 Å². The van der Waals surface area contributed by atoms with Gasteiger partial charge in [0, 0.05) is 23.7 Å². The molecule has 14 heavy (non-hydrogen) atoms. The van der Waals surface area contributed by atoms with E-state index in [1.165, 1.54) is 9.80 Å². The van der Waals surface area contributed by atoms with E-state index in [0.717, 1.165) is 17.8 Å². The Hall–Kier alpha value is -1.35. The number of thioether (sulfide) groups is 1. The van der Waals surface area contributed by atoms with Crippen molar-refractivity contribution < 1.29 is 0 Å². The number of fused-ring (bicyclic) bond motifs is 2. The third-order valence-corrected chi connectivity index (χ3v) is 3.33. The summed E-state index contributed by atoms with van der Waals surface area (Å²) in [5.74, 6) is 0. The van der Waals surface area contributed by atoms with E-state index in [4.69, 9.17) is 0 Å². The largest absolute Gasteiger partial charge is 0.267 e. The van der Waals surface area contributed by atoms with Crippen LogP contribution in [0.2, 0.25) is 0 Å². The van der Waals surface area contributed by atoms with Gasteiger partial charge in [-0.25, -0.2) is 0 Å². The fraction of sp³-hybridized carbons (Fsp3) is 0.0909. The highest BCUT2D eigenvalue weighted by atomic mass is 32.2. The van der Waals surface area contributed by atoms with Crippen LogP contribution in [0, 0.1) is 0 Å². The highest BCUT2D eigenvalue weighted by molar-refractivity contribution is 8.04. The van der Waals surface area contributed by atoms with Crippen molar-refractivity contribution in [3.8, 4) is 0 Å². The zero-order valence-electron chi connectivity index (χ0n) is 7.47. The van der Waals surface area contributed by atoms with Crippen molar-refractivity contribution in [2.75, 3.05) is 0 Å². The van der Waals surface area contributed by atoms with E-state index < -0.39 is 0 Å². The number of nitrogens with zero attached hydrogens (tertiary/aromatic N) is 2. The number of rotatable bonds is 0. The first kappa shape index (κ1) is 8.00. The zero-order chi connectivity index (χ0) is 9.38. The van der Waals surface area contributed by atoms with Crippen LogP contribution in [-0.4, -0.2) is 11.9 Å². The second-order valence-corrected chi connectivity index (χ2v) is 4.24. The Kier molecular flexibility index (Phi) is 1.77. The average molecular weight is 200 g/mol. The minimum atomic E-state index is 0.854. The van der Waals surface area contributed by atoms with Crippen LogP contribution in [0.1, 0.15) is 6.42 Å². The van der Waals surface area contributed by atoms with Crippen molar-refractivity contribution in [2.24, 2.45) is 9.98 Å². The van der Waals surface area contributed by atoms with Gasteiger partial charge in [0.25, 0.3) is 0 Å². The van der Waals surface area contributed by atoms with Crippen molar-refractivity contribution in [2.45, 2.75) is 11.3 Å². The summed E-state index contributed by atoms with van der Waals surface area (Å²) in [4.78, 5) is 11.2. The maximum absolute atomic E-state index is 4.60. The average Bonchev–Trinajstić information content (AvgIpc) is 2.26. The van der Waals surface area contributed by atoms with Gasteiger partial charge < -0.3 is 0 Å². The topological polar surface area (TPSA) is 24.7 Å². The van der Waals surface area contributed by atoms with E-state index in [2.05, 4.69) is 22.1 Å². The van der Waals surface area contributed by atoms with Gasteiger partial charge in [-0.3, -0.25) is 9.98 Å². The van der Waals surface area contributed by atoms with Crippen LogP contribution in [0.25, 0.3) is 0 Å². The van der Waals surface area contributed by atoms with Gasteiger partial charge in [0.05, 0.1) is 16.3 Å². The molecule has 0 saturated carbocycles. The first-order chi connectivity index (χ1) is 6.93. The van der Waals surface area contributed by atoms with Gasteiger partial charge in [-0.1, -0.05) is 23.9 Å². The maximum Gasteiger partial charge on any atom is 0.0772 e. The molecule has 0 spiro atoms. The first-order valence-electron chi connectivity index (χ1n) is 4.50. The SMILES string of the molecule is C1=NC=C2Sc3ccccc3N=C2C1. The lowest BCUT2D eigenvalue weighted by molar-refractivity contribution is 1.32. The van der Waals surface area contributed by atoms with Crippen molar-refractivity contribution in [3.05, 3.63) is 35.4 Å². The third kappa shape index (κ3) is 1.21. The molecule has 2 aliphatic rings. The van der Waals surface area contributed by atoms with E-state index in [-0.39, 0.29) is 0 Å². The summed E-state index contributed by atoms with van der Waals surface area (Å²) >= 11 is 1.76. The van der Waals surface area contributed by atoms with Gasteiger partial charge in [0.1, 0.15) is 0 Å². The quantitative estimate of drug-likeness (QED) is 0.631. The van der Waals surface area contributed by atoms with Crippen LogP contribution >= 0.6 is 11.8 Å². The van der Waals surface area contributed by atoms with Crippen LogP contribution in [0.5, 0.6) is 0 Å². The highest BCUT2D eigenvalue weighted by Crippen LogP contribution is 2.40. The molecule has 68 valence electrons. The fourth-order valence-electron chi connectivity index (χ4n) is 1.52. The molecular weight excluding hydrogens is 192 g/mol. The molecule has 1 aromatic carbocycles. The van der Waals surface area contributed by atoms with Gasteiger partial charge in [0.15, 0.2) is 0 Å². The Morgan fingerprint density at radius 3 is 3.14 bits per heavy atom. The Balaban J connectivity index is 2.15.